The second-order valence-electron chi connectivity index (χ2n) is 5.61. The standard InChI is InChI=1S/C19H19N3O3S/c1-24-15-5-3-14(4-6-15)21-19(26)20-11-13-9-12-10-16(25-2)7-8-17(12)22-18(13)23/h3-10H,11H2,1-2H3,(H,22,23)(H2,20,21,26). The first-order chi connectivity index (χ1) is 12.6. The summed E-state index contributed by atoms with van der Waals surface area (Å²) in [4.78, 5) is 15.1. The molecule has 0 spiro atoms. The second kappa shape index (κ2) is 7.88. The van der Waals surface area contributed by atoms with Crippen molar-refractivity contribution < 1.29 is 9.47 Å². The van der Waals surface area contributed by atoms with Crippen molar-refractivity contribution in [1.29, 1.82) is 0 Å². The van der Waals surface area contributed by atoms with E-state index in [0.29, 0.717) is 17.2 Å². The molecule has 6 nitrogen and oxygen atoms in total. The fourth-order valence-electron chi connectivity index (χ4n) is 2.51. The first-order valence-electron chi connectivity index (χ1n) is 7.98. The molecule has 0 saturated heterocycles. The minimum atomic E-state index is -0.151. The Morgan fingerprint density at radius 3 is 2.42 bits per heavy atom. The number of aromatic amines is 1. The average Bonchev–Trinajstić information content (AvgIpc) is 2.66. The van der Waals surface area contributed by atoms with Gasteiger partial charge in [0, 0.05) is 28.7 Å². The van der Waals surface area contributed by atoms with Crippen LogP contribution in [0.4, 0.5) is 5.69 Å². The van der Waals surface area contributed by atoms with E-state index in [4.69, 9.17) is 21.7 Å². The van der Waals surface area contributed by atoms with E-state index in [0.717, 1.165) is 28.1 Å². The molecular weight excluding hydrogens is 350 g/mol. The summed E-state index contributed by atoms with van der Waals surface area (Å²) in [5.74, 6) is 1.51. The molecule has 3 rings (SSSR count). The highest BCUT2D eigenvalue weighted by atomic mass is 32.1. The lowest BCUT2D eigenvalue weighted by atomic mass is 10.1. The summed E-state index contributed by atoms with van der Waals surface area (Å²) < 4.78 is 10.3. The Kier molecular flexibility index (Phi) is 5.38. The molecule has 2 aromatic carbocycles. The summed E-state index contributed by atoms with van der Waals surface area (Å²) in [6.45, 7) is 0.310. The fraction of sp³-hybridized carbons (Fsp3) is 0.158. The lowest BCUT2D eigenvalue weighted by Gasteiger charge is -2.11. The van der Waals surface area contributed by atoms with Gasteiger partial charge in [-0.15, -0.1) is 0 Å². The number of rotatable bonds is 5. The average molecular weight is 369 g/mol. The first-order valence-corrected chi connectivity index (χ1v) is 8.39. The molecule has 0 aliphatic rings. The number of benzene rings is 2. The van der Waals surface area contributed by atoms with Crippen molar-refractivity contribution in [2.24, 2.45) is 0 Å². The van der Waals surface area contributed by atoms with Gasteiger partial charge in [-0.3, -0.25) is 4.79 Å². The van der Waals surface area contributed by atoms with Crippen LogP contribution in [0.3, 0.4) is 0 Å². The third kappa shape index (κ3) is 4.12. The van der Waals surface area contributed by atoms with E-state index in [2.05, 4.69) is 15.6 Å². The number of anilines is 1. The van der Waals surface area contributed by atoms with Crippen LogP contribution in [0.1, 0.15) is 5.56 Å². The molecule has 0 aliphatic carbocycles. The largest absolute Gasteiger partial charge is 0.497 e. The van der Waals surface area contributed by atoms with Crippen molar-refractivity contribution in [3.63, 3.8) is 0 Å². The second-order valence-corrected chi connectivity index (χ2v) is 6.02. The van der Waals surface area contributed by atoms with E-state index in [1.807, 2.05) is 48.5 Å². The number of H-pyrrole nitrogens is 1. The maximum atomic E-state index is 12.2. The first kappa shape index (κ1) is 17.8. The van der Waals surface area contributed by atoms with Crippen molar-refractivity contribution >= 4 is 33.9 Å². The van der Waals surface area contributed by atoms with Gasteiger partial charge in [-0.2, -0.15) is 0 Å². The minimum Gasteiger partial charge on any atom is -0.497 e. The summed E-state index contributed by atoms with van der Waals surface area (Å²) in [7, 11) is 3.23. The van der Waals surface area contributed by atoms with Crippen LogP contribution in [0.2, 0.25) is 0 Å². The van der Waals surface area contributed by atoms with Gasteiger partial charge in [-0.1, -0.05) is 0 Å². The maximum absolute atomic E-state index is 12.2. The predicted molar refractivity (Wildman–Crippen MR) is 107 cm³/mol. The molecule has 1 aromatic heterocycles. The zero-order valence-corrected chi connectivity index (χ0v) is 15.3. The van der Waals surface area contributed by atoms with Crippen molar-refractivity contribution in [3.05, 3.63) is 64.4 Å². The summed E-state index contributed by atoms with van der Waals surface area (Å²) in [6, 6.07) is 14.7. The predicted octanol–water partition coefficient (Wildman–Crippen LogP) is 3.03. The summed E-state index contributed by atoms with van der Waals surface area (Å²) in [5.41, 5.74) is 2.03. The normalized spacial score (nSPS) is 10.4. The van der Waals surface area contributed by atoms with E-state index in [1.54, 1.807) is 14.2 Å². The van der Waals surface area contributed by atoms with E-state index < -0.39 is 0 Å². The van der Waals surface area contributed by atoms with E-state index >= 15 is 0 Å². The molecular formula is C19H19N3O3S. The van der Waals surface area contributed by atoms with Gasteiger partial charge >= 0.3 is 0 Å². The highest BCUT2D eigenvalue weighted by Gasteiger charge is 2.05. The number of nitrogens with one attached hydrogen (secondary N) is 3. The van der Waals surface area contributed by atoms with Gasteiger partial charge in [0.1, 0.15) is 11.5 Å². The number of methoxy groups -OCH3 is 2. The van der Waals surface area contributed by atoms with Crippen LogP contribution in [-0.4, -0.2) is 24.3 Å². The smallest absolute Gasteiger partial charge is 0.253 e. The quantitative estimate of drug-likeness (QED) is 0.600. The van der Waals surface area contributed by atoms with Crippen molar-refractivity contribution in [2.45, 2.75) is 6.54 Å². The van der Waals surface area contributed by atoms with Gasteiger partial charge in [-0.05, 0) is 60.7 Å². The molecule has 0 fully saturated rings. The number of pyridine rings is 1. The maximum Gasteiger partial charge on any atom is 0.253 e. The lowest BCUT2D eigenvalue weighted by Crippen LogP contribution is -2.30. The zero-order chi connectivity index (χ0) is 18.5. The zero-order valence-electron chi connectivity index (χ0n) is 14.5. The number of fused-ring (bicyclic) bond motifs is 1. The van der Waals surface area contributed by atoms with Crippen LogP contribution >= 0.6 is 12.2 Å². The highest BCUT2D eigenvalue weighted by molar-refractivity contribution is 7.80. The van der Waals surface area contributed by atoms with Crippen LogP contribution in [-0.2, 0) is 6.54 Å². The van der Waals surface area contributed by atoms with Gasteiger partial charge in [0.25, 0.3) is 5.56 Å². The minimum absolute atomic E-state index is 0.151. The Morgan fingerprint density at radius 2 is 1.73 bits per heavy atom. The van der Waals surface area contributed by atoms with Gasteiger partial charge < -0.3 is 25.1 Å². The molecule has 134 valence electrons. The Balaban J connectivity index is 1.68. The molecule has 0 aliphatic heterocycles. The summed E-state index contributed by atoms with van der Waals surface area (Å²) in [5, 5.41) is 7.45. The molecule has 26 heavy (non-hydrogen) atoms. The highest BCUT2D eigenvalue weighted by Crippen LogP contribution is 2.19. The summed E-state index contributed by atoms with van der Waals surface area (Å²) in [6.07, 6.45) is 0. The van der Waals surface area contributed by atoms with Crippen LogP contribution < -0.4 is 25.7 Å². The molecule has 1 heterocycles. The van der Waals surface area contributed by atoms with Crippen molar-refractivity contribution in [3.8, 4) is 11.5 Å². The molecule has 0 unspecified atom stereocenters. The van der Waals surface area contributed by atoms with Gasteiger partial charge in [-0.25, -0.2) is 0 Å². The van der Waals surface area contributed by atoms with Crippen LogP contribution in [0.15, 0.2) is 53.3 Å². The summed E-state index contributed by atoms with van der Waals surface area (Å²) >= 11 is 5.29. The molecule has 0 atom stereocenters. The van der Waals surface area contributed by atoms with Crippen LogP contribution in [0.5, 0.6) is 11.5 Å². The van der Waals surface area contributed by atoms with Crippen LogP contribution in [0, 0.1) is 0 Å². The van der Waals surface area contributed by atoms with Gasteiger partial charge in [0.15, 0.2) is 5.11 Å². The number of hydrogen-bond acceptors (Lipinski definition) is 4. The topological polar surface area (TPSA) is 75.4 Å². The third-order valence-electron chi connectivity index (χ3n) is 3.92. The molecule has 7 heteroatoms. The molecule has 0 saturated carbocycles. The fourth-order valence-corrected chi connectivity index (χ4v) is 2.70. The molecule has 0 radical (unpaired) electrons. The molecule has 3 N–H and O–H groups in total. The number of hydrogen-bond donors (Lipinski definition) is 3. The van der Waals surface area contributed by atoms with Gasteiger partial charge in [0.05, 0.1) is 14.2 Å². The third-order valence-corrected chi connectivity index (χ3v) is 4.16. The molecule has 3 aromatic rings. The van der Waals surface area contributed by atoms with E-state index in [9.17, 15) is 4.79 Å². The molecule has 0 bridgehead atoms. The van der Waals surface area contributed by atoms with E-state index in [-0.39, 0.29) is 5.56 Å². The van der Waals surface area contributed by atoms with Gasteiger partial charge in [0.2, 0.25) is 0 Å². The SMILES string of the molecule is COc1ccc(NC(=S)NCc2cc3cc(OC)ccc3[nH]c2=O)cc1. The Labute approximate surface area is 156 Å². The molecule has 0 amide bonds. The lowest BCUT2D eigenvalue weighted by molar-refractivity contribution is 0.415. The number of thiocarbonyl (C=S) groups is 1. The Bertz CT molecular complexity index is 983. The number of aromatic nitrogens is 1. The Morgan fingerprint density at radius 1 is 1.04 bits per heavy atom. The van der Waals surface area contributed by atoms with Crippen LogP contribution in [0.25, 0.3) is 10.9 Å². The van der Waals surface area contributed by atoms with Crippen molar-refractivity contribution in [1.82, 2.24) is 10.3 Å². The number of ether oxygens (including phenoxy) is 2. The van der Waals surface area contributed by atoms with Crippen molar-refractivity contribution in [2.75, 3.05) is 19.5 Å². The Hall–Kier alpha value is -3.06. The van der Waals surface area contributed by atoms with E-state index in [1.165, 1.54) is 0 Å². The monoisotopic (exact) mass is 369 g/mol.